The Hall–Kier alpha value is -3.03. The van der Waals surface area contributed by atoms with Crippen LogP contribution in [-0.2, 0) is 9.53 Å². The normalized spacial score (nSPS) is 18.3. The van der Waals surface area contributed by atoms with Crippen molar-refractivity contribution in [3.8, 4) is 11.5 Å². The van der Waals surface area contributed by atoms with Crippen LogP contribution in [0.15, 0.2) is 18.3 Å². The molecule has 8 nitrogen and oxygen atoms in total. The predicted molar refractivity (Wildman–Crippen MR) is 77.6 cm³/mol. The molecule has 3 heterocycles. The minimum absolute atomic E-state index is 0.140. The molecule has 1 aromatic carbocycles. The standard InChI is InChI=1S/C15H13N3O5/c1-21-15(20)14-9(5-16-18-14)7-3-13(19)17-10-4-12-11(2-8(7)10)22-6-23-12/h2,4-5,7H,3,6H2,1H3,(H,16,18)(H,17,19). The molecule has 0 aliphatic carbocycles. The molecule has 0 radical (unpaired) electrons. The molecule has 0 saturated carbocycles. The molecule has 118 valence electrons. The van der Waals surface area contributed by atoms with Crippen molar-refractivity contribution in [2.24, 2.45) is 0 Å². The summed E-state index contributed by atoms with van der Waals surface area (Å²) in [7, 11) is 1.30. The maximum Gasteiger partial charge on any atom is 0.356 e. The minimum atomic E-state index is -0.522. The third-order valence-corrected chi connectivity index (χ3v) is 4.02. The summed E-state index contributed by atoms with van der Waals surface area (Å²) in [4.78, 5) is 23.9. The molecule has 0 saturated heterocycles. The molecule has 0 spiro atoms. The van der Waals surface area contributed by atoms with Crippen LogP contribution in [0.4, 0.5) is 5.69 Å². The van der Waals surface area contributed by atoms with Crippen molar-refractivity contribution in [1.82, 2.24) is 10.2 Å². The topological polar surface area (TPSA) is 103 Å². The molecule has 23 heavy (non-hydrogen) atoms. The van der Waals surface area contributed by atoms with Gasteiger partial charge < -0.3 is 19.5 Å². The molecule has 0 bridgehead atoms. The van der Waals surface area contributed by atoms with Gasteiger partial charge in [-0.05, 0) is 11.6 Å². The summed E-state index contributed by atoms with van der Waals surface area (Å²) in [6.07, 6.45) is 1.75. The molecule has 1 aromatic heterocycles. The summed E-state index contributed by atoms with van der Waals surface area (Å²) in [6, 6.07) is 3.56. The summed E-state index contributed by atoms with van der Waals surface area (Å²) in [5.74, 6) is 0.225. The number of hydrogen-bond acceptors (Lipinski definition) is 6. The number of carbonyl (C=O) groups is 2. The number of anilines is 1. The van der Waals surface area contributed by atoms with Crippen molar-refractivity contribution in [2.75, 3.05) is 19.2 Å². The van der Waals surface area contributed by atoms with Gasteiger partial charge in [0, 0.05) is 29.7 Å². The molecule has 0 fully saturated rings. The fraction of sp³-hybridized carbons (Fsp3) is 0.267. The van der Waals surface area contributed by atoms with E-state index in [9.17, 15) is 9.59 Å². The number of aromatic nitrogens is 2. The van der Waals surface area contributed by atoms with Crippen LogP contribution in [0.1, 0.15) is 34.0 Å². The first-order chi connectivity index (χ1) is 11.2. The summed E-state index contributed by atoms with van der Waals surface area (Å²) >= 11 is 0. The molecule has 2 aromatic rings. The van der Waals surface area contributed by atoms with Crippen LogP contribution < -0.4 is 14.8 Å². The number of fused-ring (bicyclic) bond motifs is 2. The zero-order valence-corrected chi connectivity index (χ0v) is 12.2. The number of amides is 1. The van der Waals surface area contributed by atoms with Gasteiger partial charge in [-0.25, -0.2) is 4.79 Å². The fourth-order valence-electron chi connectivity index (χ4n) is 2.95. The Morgan fingerprint density at radius 1 is 1.30 bits per heavy atom. The van der Waals surface area contributed by atoms with Gasteiger partial charge in [-0.2, -0.15) is 5.10 Å². The summed E-state index contributed by atoms with van der Waals surface area (Å²) in [5, 5.41) is 9.39. The van der Waals surface area contributed by atoms with Crippen LogP contribution in [0, 0.1) is 0 Å². The Balaban J connectivity index is 1.84. The van der Waals surface area contributed by atoms with Gasteiger partial charge in [0.2, 0.25) is 12.7 Å². The average Bonchev–Trinajstić information content (AvgIpc) is 3.19. The molecule has 1 atom stereocenters. The highest BCUT2D eigenvalue weighted by Crippen LogP contribution is 2.45. The second kappa shape index (κ2) is 5.01. The lowest BCUT2D eigenvalue weighted by Crippen LogP contribution is -2.24. The molecule has 2 N–H and O–H groups in total. The largest absolute Gasteiger partial charge is 0.464 e. The lowest BCUT2D eigenvalue weighted by Gasteiger charge is -2.25. The number of hydrogen-bond donors (Lipinski definition) is 2. The second-order valence-electron chi connectivity index (χ2n) is 5.29. The van der Waals surface area contributed by atoms with Gasteiger partial charge in [0.1, 0.15) is 5.69 Å². The van der Waals surface area contributed by atoms with E-state index in [1.165, 1.54) is 7.11 Å². The third-order valence-electron chi connectivity index (χ3n) is 4.02. The number of esters is 1. The minimum Gasteiger partial charge on any atom is -0.464 e. The molecular weight excluding hydrogens is 302 g/mol. The van der Waals surface area contributed by atoms with Gasteiger partial charge >= 0.3 is 5.97 Å². The van der Waals surface area contributed by atoms with Gasteiger partial charge in [0.15, 0.2) is 11.5 Å². The molecule has 8 heteroatoms. The van der Waals surface area contributed by atoms with Gasteiger partial charge in [0.25, 0.3) is 0 Å². The van der Waals surface area contributed by atoms with Crippen molar-refractivity contribution >= 4 is 17.6 Å². The van der Waals surface area contributed by atoms with Crippen LogP contribution >= 0.6 is 0 Å². The molecule has 1 unspecified atom stereocenters. The Kier molecular flexibility index (Phi) is 2.97. The lowest BCUT2D eigenvalue weighted by atomic mass is 9.84. The summed E-state index contributed by atoms with van der Waals surface area (Å²) in [5.41, 5.74) is 2.36. The third kappa shape index (κ3) is 2.10. The first kappa shape index (κ1) is 13.6. The van der Waals surface area contributed by atoms with Crippen LogP contribution in [0.3, 0.4) is 0 Å². The predicted octanol–water partition coefficient (Wildman–Crippen LogP) is 1.40. The summed E-state index contributed by atoms with van der Waals surface area (Å²) in [6.45, 7) is 0.149. The highest BCUT2D eigenvalue weighted by atomic mass is 16.7. The van der Waals surface area contributed by atoms with Gasteiger partial charge in [-0.3, -0.25) is 9.89 Å². The Morgan fingerprint density at radius 3 is 2.87 bits per heavy atom. The van der Waals surface area contributed by atoms with E-state index in [0.29, 0.717) is 22.7 Å². The van der Waals surface area contributed by atoms with Crippen LogP contribution in [0.2, 0.25) is 0 Å². The molecule has 1 amide bonds. The molecule has 2 aliphatic rings. The quantitative estimate of drug-likeness (QED) is 0.812. The first-order valence-electron chi connectivity index (χ1n) is 7.02. The van der Waals surface area contributed by atoms with E-state index in [1.54, 1.807) is 12.3 Å². The molecule has 2 aliphatic heterocycles. The van der Waals surface area contributed by atoms with Crippen LogP contribution in [0.5, 0.6) is 11.5 Å². The van der Waals surface area contributed by atoms with E-state index in [2.05, 4.69) is 15.5 Å². The lowest BCUT2D eigenvalue weighted by molar-refractivity contribution is -0.116. The number of carbonyl (C=O) groups excluding carboxylic acids is 2. The number of methoxy groups -OCH3 is 1. The van der Waals surface area contributed by atoms with E-state index in [4.69, 9.17) is 14.2 Å². The monoisotopic (exact) mass is 315 g/mol. The van der Waals surface area contributed by atoms with Crippen molar-refractivity contribution in [2.45, 2.75) is 12.3 Å². The van der Waals surface area contributed by atoms with E-state index >= 15 is 0 Å². The maximum absolute atomic E-state index is 12.1. The highest BCUT2D eigenvalue weighted by Gasteiger charge is 2.33. The van der Waals surface area contributed by atoms with Crippen molar-refractivity contribution in [3.63, 3.8) is 0 Å². The van der Waals surface area contributed by atoms with E-state index in [1.807, 2.05) is 6.07 Å². The van der Waals surface area contributed by atoms with Crippen molar-refractivity contribution in [1.29, 1.82) is 0 Å². The highest BCUT2D eigenvalue weighted by molar-refractivity contribution is 5.97. The van der Waals surface area contributed by atoms with Crippen LogP contribution in [0.25, 0.3) is 0 Å². The SMILES string of the molecule is COC(=O)c1[nH]ncc1C1CC(=O)Nc2cc3c(cc21)OCO3. The number of ether oxygens (including phenoxy) is 3. The van der Waals surface area contributed by atoms with Gasteiger partial charge in [0.05, 0.1) is 13.3 Å². The molecule has 4 rings (SSSR count). The number of nitrogens with zero attached hydrogens (tertiary/aromatic N) is 1. The maximum atomic E-state index is 12.1. The smallest absolute Gasteiger partial charge is 0.356 e. The molecular formula is C15H13N3O5. The first-order valence-corrected chi connectivity index (χ1v) is 7.02. The number of benzene rings is 1. The van der Waals surface area contributed by atoms with E-state index in [-0.39, 0.29) is 30.7 Å². The van der Waals surface area contributed by atoms with E-state index < -0.39 is 5.97 Å². The number of aromatic amines is 1. The van der Waals surface area contributed by atoms with Gasteiger partial charge in [-0.15, -0.1) is 0 Å². The number of nitrogens with one attached hydrogen (secondary N) is 2. The zero-order valence-electron chi connectivity index (χ0n) is 12.2. The van der Waals surface area contributed by atoms with E-state index in [0.717, 1.165) is 5.56 Å². The van der Waals surface area contributed by atoms with Crippen LogP contribution in [-0.4, -0.2) is 36.0 Å². The van der Waals surface area contributed by atoms with Crippen molar-refractivity contribution in [3.05, 3.63) is 35.2 Å². The second-order valence-corrected chi connectivity index (χ2v) is 5.29. The Labute approximate surface area is 130 Å². The zero-order chi connectivity index (χ0) is 16.0. The fourth-order valence-corrected chi connectivity index (χ4v) is 2.95. The van der Waals surface area contributed by atoms with Crippen molar-refractivity contribution < 1.29 is 23.8 Å². The average molecular weight is 315 g/mol. The Bertz CT molecular complexity index is 813. The number of rotatable bonds is 2. The number of H-pyrrole nitrogens is 1. The summed E-state index contributed by atoms with van der Waals surface area (Å²) < 4.78 is 15.5. The Morgan fingerprint density at radius 2 is 2.09 bits per heavy atom. The van der Waals surface area contributed by atoms with Gasteiger partial charge in [-0.1, -0.05) is 0 Å².